The fourth-order valence-electron chi connectivity index (χ4n) is 3.62. The molecule has 0 aliphatic heterocycles. The van der Waals surface area contributed by atoms with E-state index in [9.17, 15) is 9.90 Å². The van der Waals surface area contributed by atoms with Gasteiger partial charge in [0.2, 0.25) is 0 Å². The first kappa shape index (κ1) is 27.7. The summed E-state index contributed by atoms with van der Waals surface area (Å²) in [6.07, 6.45) is 9.60. The summed E-state index contributed by atoms with van der Waals surface area (Å²) in [7, 11) is 0. The van der Waals surface area contributed by atoms with E-state index < -0.39 is 5.97 Å². The van der Waals surface area contributed by atoms with E-state index in [0.29, 0.717) is 36.9 Å². The lowest BCUT2D eigenvalue weighted by Crippen LogP contribution is -2.08. The van der Waals surface area contributed by atoms with Crippen molar-refractivity contribution in [1.82, 2.24) is 0 Å². The van der Waals surface area contributed by atoms with Gasteiger partial charge in [-0.05, 0) is 85.6 Å². The lowest BCUT2D eigenvalue weighted by Gasteiger charge is -2.09. The first-order valence-electron chi connectivity index (χ1n) is 12.8. The van der Waals surface area contributed by atoms with Crippen LogP contribution in [-0.2, 0) is 0 Å². The zero-order chi connectivity index (χ0) is 26.1. The molecule has 0 aliphatic rings. The van der Waals surface area contributed by atoms with Crippen molar-refractivity contribution in [2.45, 2.75) is 44.9 Å². The Morgan fingerprint density at radius 2 is 1.05 bits per heavy atom. The molecule has 196 valence electrons. The highest BCUT2D eigenvalue weighted by Crippen LogP contribution is 2.20. The maximum absolute atomic E-state index is 12.3. The molecule has 0 fully saturated rings. The molecule has 0 saturated heterocycles. The van der Waals surface area contributed by atoms with Gasteiger partial charge in [0.15, 0.2) is 0 Å². The number of esters is 1. The molecule has 37 heavy (non-hydrogen) atoms. The molecule has 0 aliphatic carbocycles. The van der Waals surface area contributed by atoms with Crippen molar-refractivity contribution < 1.29 is 28.8 Å². The average molecular weight is 505 g/mol. The summed E-state index contributed by atoms with van der Waals surface area (Å²) >= 11 is 0. The molecule has 0 spiro atoms. The topological polar surface area (TPSA) is 74.2 Å². The van der Waals surface area contributed by atoms with Crippen molar-refractivity contribution in [2.24, 2.45) is 0 Å². The Morgan fingerprint density at radius 1 is 0.622 bits per heavy atom. The third-order valence-corrected chi connectivity index (χ3v) is 5.66. The van der Waals surface area contributed by atoms with Crippen LogP contribution >= 0.6 is 0 Å². The Kier molecular flexibility index (Phi) is 11.9. The van der Waals surface area contributed by atoms with E-state index in [-0.39, 0.29) is 5.75 Å². The van der Waals surface area contributed by atoms with Gasteiger partial charge in [0.25, 0.3) is 0 Å². The first-order chi connectivity index (χ1) is 18.1. The van der Waals surface area contributed by atoms with Crippen LogP contribution in [0.1, 0.15) is 55.3 Å². The fraction of sp³-hybridized carbons (Fsp3) is 0.323. The minimum atomic E-state index is -0.422. The van der Waals surface area contributed by atoms with Crippen molar-refractivity contribution in [3.05, 3.63) is 91.0 Å². The molecule has 0 bridgehead atoms. The quantitative estimate of drug-likeness (QED) is 0.0896. The van der Waals surface area contributed by atoms with Crippen LogP contribution in [0.3, 0.4) is 0 Å². The van der Waals surface area contributed by atoms with Gasteiger partial charge in [-0.1, -0.05) is 44.8 Å². The van der Waals surface area contributed by atoms with Gasteiger partial charge in [0.1, 0.15) is 35.4 Å². The monoisotopic (exact) mass is 504 g/mol. The summed E-state index contributed by atoms with van der Waals surface area (Å²) in [4.78, 5) is 12.3. The number of unbranched alkanes of at least 4 members (excludes halogenated alkanes) is 6. The minimum Gasteiger partial charge on any atom is -0.508 e. The van der Waals surface area contributed by atoms with Gasteiger partial charge in [-0.3, -0.25) is 0 Å². The van der Waals surface area contributed by atoms with Crippen LogP contribution < -0.4 is 18.9 Å². The predicted molar refractivity (Wildman–Crippen MR) is 145 cm³/mol. The van der Waals surface area contributed by atoms with Crippen LogP contribution in [0.15, 0.2) is 85.5 Å². The Hall–Kier alpha value is -3.93. The molecule has 1 N–H and O–H groups in total. The molecule has 0 radical (unpaired) electrons. The van der Waals surface area contributed by atoms with Crippen molar-refractivity contribution in [3.63, 3.8) is 0 Å². The van der Waals surface area contributed by atoms with Crippen molar-refractivity contribution in [2.75, 3.05) is 19.8 Å². The third-order valence-electron chi connectivity index (χ3n) is 5.66. The van der Waals surface area contributed by atoms with Gasteiger partial charge in [-0.2, -0.15) is 0 Å². The first-order valence-corrected chi connectivity index (χ1v) is 12.8. The number of aromatic hydroxyl groups is 1. The van der Waals surface area contributed by atoms with E-state index in [0.717, 1.165) is 37.2 Å². The fourth-order valence-corrected chi connectivity index (χ4v) is 3.62. The maximum Gasteiger partial charge on any atom is 0.343 e. The number of hydrogen-bond acceptors (Lipinski definition) is 6. The van der Waals surface area contributed by atoms with Gasteiger partial charge in [-0.15, -0.1) is 0 Å². The molecule has 0 unspecified atom stereocenters. The van der Waals surface area contributed by atoms with E-state index in [1.807, 2.05) is 12.1 Å². The van der Waals surface area contributed by atoms with E-state index in [4.69, 9.17) is 18.9 Å². The molecular weight excluding hydrogens is 468 g/mol. The van der Waals surface area contributed by atoms with Crippen molar-refractivity contribution in [3.8, 4) is 28.7 Å². The smallest absolute Gasteiger partial charge is 0.343 e. The number of phenols is 1. The van der Waals surface area contributed by atoms with E-state index >= 15 is 0 Å². The molecule has 3 rings (SSSR count). The zero-order valence-corrected chi connectivity index (χ0v) is 21.3. The van der Waals surface area contributed by atoms with E-state index in [1.165, 1.54) is 19.3 Å². The Morgan fingerprint density at radius 3 is 1.59 bits per heavy atom. The van der Waals surface area contributed by atoms with Gasteiger partial charge < -0.3 is 24.1 Å². The predicted octanol–water partition coefficient (Wildman–Crippen LogP) is 7.36. The number of hydrogen-bond donors (Lipinski definition) is 1. The third kappa shape index (κ3) is 10.7. The second-order valence-corrected chi connectivity index (χ2v) is 8.65. The highest BCUT2D eigenvalue weighted by Gasteiger charge is 2.09. The Bertz CT molecular complexity index is 1060. The number of carbonyl (C=O) groups is 1. The summed E-state index contributed by atoms with van der Waals surface area (Å²) in [5.41, 5.74) is 0.452. The number of ether oxygens (including phenoxy) is 4. The number of benzene rings is 3. The lowest BCUT2D eigenvalue weighted by molar-refractivity contribution is 0.0734. The average Bonchev–Trinajstić information content (AvgIpc) is 2.92. The largest absolute Gasteiger partial charge is 0.508 e. The second-order valence-electron chi connectivity index (χ2n) is 8.65. The zero-order valence-electron chi connectivity index (χ0n) is 21.3. The number of phenolic OH excluding ortho intramolecular Hbond substituents is 1. The number of rotatable bonds is 17. The molecule has 0 heterocycles. The van der Waals surface area contributed by atoms with Crippen LogP contribution in [0.2, 0.25) is 0 Å². The van der Waals surface area contributed by atoms with Crippen LogP contribution in [0.5, 0.6) is 28.7 Å². The van der Waals surface area contributed by atoms with E-state index in [1.54, 1.807) is 66.7 Å². The molecule has 6 nitrogen and oxygen atoms in total. The molecule has 0 atom stereocenters. The summed E-state index contributed by atoms with van der Waals surface area (Å²) in [6.45, 7) is 5.40. The van der Waals surface area contributed by atoms with Crippen molar-refractivity contribution in [1.29, 1.82) is 0 Å². The molecule has 0 saturated carbocycles. The highest BCUT2D eigenvalue weighted by molar-refractivity contribution is 5.91. The van der Waals surface area contributed by atoms with Crippen LogP contribution in [-0.4, -0.2) is 30.9 Å². The standard InChI is InChI=1S/C31H36O6/c1-2-22-34-27-14-10-25(11-15-27)31(33)37-30-20-18-29(19-21-30)36-24-9-7-5-3-4-6-8-23-35-28-16-12-26(32)13-17-28/h2,10-21,32H,1,3-9,22-24H2. The Labute approximate surface area is 219 Å². The summed E-state index contributed by atoms with van der Waals surface area (Å²) in [5, 5.41) is 9.27. The van der Waals surface area contributed by atoms with Crippen LogP contribution in [0, 0.1) is 0 Å². The van der Waals surface area contributed by atoms with Crippen LogP contribution in [0.25, 0.3) is 0 Å². The maximum atomic E-state index is 12.3. The summed E-state index contributed by atoms with van der Waals surface area (Å²) < 4.78 is 22.3. The molecule has 3 aromatic rings. The highest BCUT2D eigenvalue weighted by atomic mass is 16.5. The molecule has 0 amide bonds. The Balaban J connectivity index is 1.20. The lowest BCUT2D eigenvalue weighted by atomic mass is 10.1. The summed E-state index contributed by atoms with van der Waals surface area (Å²) in [5.74, 6) is 2.53. The van der Waals surface area contributed by atoms with Gasteiger partial charge in [0, 0.05) is 0 Å². The summed E-state index contributed by atoms with van der Waals surface area (Å²) in [6, 6.07) is 20.7. The molecule has 6 heteroatoms. The van der Waals surface area contributed by atoms with Gasteiger partial charge in [0.05, 0.1) is 18.8 Å². The normalized spacial score (nSPS) is 10.5. The minimum absolute atomic E-state index is 0.253. The molecular formula is C31H36O6. The molecule has 0 aromatic heterocycles. The van der Waals surface area contributed by atoms with E-state index in [2.05, 4.69) is 6.58 Å². The number of carbonyl (C=O) groups excluding carboxylic acids is 1. The van der Waals surface area contributed by atoms with Crippen molar-refractivity contribution >= 4 is 5.97 Å². The van der Waals surface area contributed by atoms with Gasteiger partial charge >= 0.3 is 5.97 Å². The molecule has 3 aromatic carbocycles. The SMILES string of the molecule is C=CCOc1ccc(C(=O)Oc2ccc(OCCCCCCCCCOc3ccc(O)cc3)cc2)cc1. The van der Waals surface area contributed by atoms with Gasteiger partial charge in [-0.25, -0.2) is 4.79 Å². The van der Waals surface area contributed by atoms with Crippen LogP contribution in [0.4, 0.5) is 0 Å². The second kappa shape index (κ2) is 15.9.